The number of nitrogen functional groups attached to an aromatic ring is 2. The molecule has 3 aromatic carbocycles. The molecule has 0 aliphatic rings. The summed E-state index contributed by atoms with van der Waals surface area (Å²) in [5.74, 6) is 0. The Morgan fingerprint density at radius 3 is 1.25 bits per heavy atom. The van der Waals surface area contributed by atoms with Crippen LogP contribution in [0, 0.1) is 59.3 Å². The highest BCUT2D eigenvalue weighted by Gasteiger charge is 2.15. The molecule has 0 unspecified atom stereocenters. The number of nitrogens with zero attached hydrogens (tertiary/aromatic N) is 3. The van der Waals surface area contributed by atoms with Crippen LogP contribution in [0.2, 0.25) is 0 Å². The zero-order chi connectivity index (χ0) is 24.2. The Bertz CT molecular complexity index is 1130. The summed E-state index contributed by atoms with van der Waals surface area (Å²) in [5.41, 5.74) is 19.6. The van der Waals surface area contributed by atoms with Gasteiger partial charge in [-0.1, -0.05) is 0 Å². The van der Waals surface area contributed by atoms with Crippen LogP contribution in [0.4, 0.5) is 22.7 Å². The van der Waals surface area contributed by atoms with Gasteiger partial charge in [0, 0.05) is 23.5 Å². The number of aryl methyl sites for hydroxylation is 4. The molecule has 0 spiro atoms. The quantitative estimate of drug-likeness (QED) is 0.328. The van der Waals surface area contributed by atoms with E-state index in [0.717, 1.165) is 51.8 Å². The van der Waals surface area contributed by atoms with Crippen molar-refractivity contribution in [2.24, 2.45) is 0 Å². The summed E-state index contributed by atoms with van der Waals surface area (Å²) in [4.78, 5) is 19.1. The van der Waals surface area contributed by atoms with E-state index in [1.165, 1.54) is 11.1 Å². The highest BCUT2D eigenvalue weighted by Crippen LogP contribution is 2.30. The molecule has 9 heteroatoms. The van der Waals surface area contributed by atoms with Gasteiger partial charge in [-0.05, 0) is 85.3 Å². The summed E-state index contributed by atoms with van der Waals surface area (Å²) >= 11 is 0. The third kappa shape index (κ3) is 5.37. The lowest BCUT2D eigenvalue weighted by Crippen LogP contribution is -1.97. The van der Waals surface area contributed by atoms with Gasteiger partial charge in [-0.3, -0.25) is 20.2 Å². The van der Waals surface area contributed by atoms with Crippen LogP contribution in [-0.2, 0) is 0 Å². The second-order valence-corrected chi connectivity index (χ2v) is 7.41. The average molecular weight is 433 g/mol. The molecule has 9 nitrogen and oxygen atoms in total. The minimum atomic E-state index is -0.784. The molecule has 0 heterocycles. The van der Waals surface area contributed by atoms with E-state index in [-0.39, 0.29) is 5.56 Å². The van der Waals surface area contributed by atoms with Crippen molar-refractivity contribution >= 4 is 22.7 Å². The number of anilines is 2. The van der Waals surface area contributed by atoms with Crippen LogP contribution in [0.25, 0.3) is 11.1 Å². The number of hydrogen-bond donors (Lipinski definition) is 2. The topological polar surface area (TPSA) is 162 Å². The van der Waals surface area contributed by atoms with Crippen LogP contribution in [0.15, 0.2) is 42.5 Å². The second-order valence-electron chi connectivity index (χ2n) is 7.41. The largest absolute Gasteiger partial charge is 0.398 e. The maximum atomic E-state index is 10.3. The van der Waals surface area contributed by atoms with Crippen molar-refractivity contribution in [1.29, 1.82) is 5.26 Å². The van der Waals surface area contributed by atoms with Crippen molar-refractivity contribution < 1.29 is 9.85 Å². The molecule has 0 radical (unpaired) electrons. The van der Waals surface area contributed by atoms with E-state index in [1.807, 2.05) is 27.7 Å². The van der Waals surface area contributed by atoms with E-state index >= 15 is 0 Å². The minimum absolute atomic E-state index is 0.106. The summed E-state index contributed by atoms with van der Waals surface area (Å²) < 4.78 is 0. The molecule has 0 saturated heterocycles. The van der Waals surface area contributed by atoms with Crippen molar-refractivity contribution in [2.45, 2.75) is 27.7 Å². The van der Waals surface area contributed by atoms with Crippen LogP contribution in [0.1, 0.15) is 27.8 Å². The smallest absolute Gasteiger partial charge is 0.277 e. The van der Waals surface area contributed by atoms with Gasteiger partial charge in [-0.15, -0.1) is 0 Å². The predicted molar refractivity (Wildman–Crippen MR) is 124 cm³/mol. The molecule has 0 bridgehead atoms. The zero-order valence-electron chi connectivity index (χ0n) is 18.2. The lowest BCUT2D eigenvalue weighted by Gasteiger charge is -2.12. The summed E-state index contributed by atoms with van der Waals surface area (Å²) in [6, 6.07) is 12.9. The Balaban J connectivity index is 0.000000235. The zero-order valence-corrected chi connectivity index (χ0v) is 18.2. The van der Waals surface area contributed by atoms with Gasteiger partial charge in [0.15, 0.2) is 0 Å². The van der Waals surface area contributed by atoms with Gasteiger partial charge >= 0.3 is 0 Å². The molecule has 3 rings (SSSR count). The molecule has 0 atom stereocenters. The molecule has 0 aromatic heterocycles. The number of rotatable bonds is 3. The van der Waals surface area contributed by atoms with E-state index in [2.05, 4.69) is 24.3 Å². The number of non-ortho nitro benzene ring substituents is 2. The summed E-state index contributed by atoms with van der Waals surface area (Å²) in [7, 11) is 0. The van der Waals surface area contributed by atoms with E-state index in [0.29, 0.717) is 0 Å². The van der Waals surface area contributed by atoms with Crippen LogP contribution in [0.5, 0.6) is 0 Å². The first-order chi connectivity index (χ1) is 14.9. The van der Waals surface area contributed by atoms with Gasteiger partial charge in [0.25, 0.3) is 11.4 Å². The van der Waals surface area contributed by atoms with E-state index < -0.39 is 21.2 Å². The number of nitro benzene ring substituents is 2. The Labute approximate surface area is 185 Å². The Morgan fingerprint density at radius 2 is 1.00 bits per heavy atom. The third-order valence-electron chi connectivity index (χ3n) is 4.97. The second kappa shape index (κ2) is 9.57. The normalized spacial score (nSPS) is 9.97. The molecule has 0 aliphatic heterocycles. The molecule has 164 valence electrons. The van der Waals surface area contributed by atoms with Crippen molar-refractivity contribution in [3.05, 3.63) is 90.5 Å². The van der Waals surface area contributed by atoms with Crippen molar-refractivity contribution in [3.8, 4) is 17.2 Å². The predicted octanol–water partition coefficient (Wildman–Crippen LogP) is 5.13. The Kier molecular flexibility index (Phi) is 7.13. The summed E-state index contributed by atoms with van der Waals surface area (Å²) in [6.45, 7) is 8.18. The molecule has 3 aromatic rings. The summed E-state index contributed by atoms with van der Waals surface area (Å²) in [5, 5.41) is 29.1. The highest BCUT2D eigenvalue weighted by molar-refractivity contribution is 5.73. The molecule has 0 fully saturated rings. The maximum Gasteiger partial charge on any atom is 0.277 e. The van der Waals surface area contributed by atoms with Crippen LogP contribution >= 0.6 is 0 Å². The average Bonchev–Trinajstić information content (AvgIpc) is 2.75. The number of nitriles is 1. The van der Waals surface area contributed by atoms with Crippen LogP contribution in [-0.4, -0.2) is 9.85 Å². The van der Waals surface area contributed by atoms with Gasteiger partial charge in [-0.25, -0.2) is 0 Å². The molecule has 0 aliphatic carbocycles. The molecule has 32 heavy (non-hydrogen) atoms. The Hall–Kier alpha value is -4.45. The monoisotopic (exact) mass is 433 g/mol. The van der Waals surface area contributed by atoms with Crippen molar-refractivity contribution in [2.75, 3.05) is 11.5 Å². The van der Waals surface area contributed by atoms with E-state index in [4.69, 9.17) is 16.7 Å². The van der Waals surface area contributed by atoms with Gasteiger partial charge in [0.2, 0.25) is 0 Å². The maximum absolute atomic E-state index is 10.3. The molecular weight excluding hydrogens is 410 g/mol. The fraction of sp³-hybridized carbons (Fsp3) is 0.174. The lowest BCUT2D eigenvalue weighted by atomic mass is 9.95. The molecule has 0 saturated carbocycles. The number of nitrogens with two attached hydrogens (primary N) is 2. The molecular formula is C23H23N5O4. The highest BCUT2D eigenvalue weighted by atomic mass is 16.6. The van der Waals surface area contributed by atoms with Crippen molar-refractivity contribution in [3.63, 3.8) is 0 Å². The van der Waals surface area contributed by atoms with Gasteiger partial charge < -0.3 is 11.5 Å². The minimum Gasteiger partial charge on any atom is -0.398 e. The van der Waals surface area contributed by atoms with Crippen LogP contribution in [0.3, 0.4) is 0 Å². The number of nitro groups is 2. The van der Waals surface area contributed by atoms with Gasteiger partial charge in [0.05, 0.1) is 27.5 Å². The first-order valence-electron chi connectivity index (χ1n) is 9.52. The molecule has 4 N–H and O–H groups in total. The standard InChI is InChI=1S/C16H20N2.C7H3N3O4/c1-9-5-13(6-10(2)15(9)17)14-7-11(3)16(18)12(4)8-14;8-4-5-1-6(9(11)12)3-7(2-5)10(13)14/h5-8H,17-18H2,1-4H3;1-3H. The SMILES string of the molecule is Cc1cc(-c2cc(C)c(N)c(C)c2)cc(C)c1N.N#Cc1cc([N+](=O)[O-])cc([N+](=O)[O-])c1. The molecule has 0 amide bonds. The van der Waals surface area contributed by atoms with E-state index in [9.17, 15) is 20.2 Å². The number of hydrogen-bond acceptors (Lipinski definition) is 7. The number of benzene rings is 3. The Morgan fingerprint density at radius 1 is 0.688 bits per heavy atom. The van der Waals surface area contributed by atoms with E-state index in [1.54, 1.807) is 6.07 Å². The fourth-order valence-corrected chi connectivity index (χ4v) is 3.15. The summed E-state index contributed by atoms with van der Waals surface area (Å²) in [6.07, 6.45) is 0. The first-order valence-corrected chi connectivity index (χ1v) is 9.52. The van der Waals surface area contributed by atoms with Gasteiger partial charge in [-0.2, -0.15) is 5.26 Å². The first kappa shape index (κ1) is 23.8. The van der Waals surface area contributed by atoms with Crippen molar-refractivity contribution in [1.82, 2.24) is 0 Å². The third-order valence-corrected chi connectivity index (χ3v) is 4.97. The fourth-order valence-electron chi connectivity index (χ4n) is 3.15. The van der Waals surface area contributed by atoms with Crippen LogP contribution < -0.4 is 11.5 Å². The van der Waals surface area contributed by atoms with Gasteiger partial charge in [0.1, 0.15) is 0 Å². The lowest BCUT2D eigenvalue weighted by molar-refractivity contribution is -0.394.